The van der Waals surface area contributed by atoms with Crippen LogP contribution in [0.5, 0.6) is 11.5 Å². The molecule has 6 rings (SSSR count). The van der Waals surface area contributed by atoms with E-state index in [1.54, 1.807) is 59.3 Å². The van der Waals surface area contributed by atoms with Crippen molar-refractivity contribution < 1.29 is 29.0 Å². The van der Waals surface area contributed by atoms with E-state index in [2.05, 4.69) is 57.2 Å². The van der Waals surface area contributed by atoms with Crippen molar-refractivity contribution in [1.82, 2.24) is 19.8 Å². The predicted molar refractivity (Wildman–Crippen MR) is 228 cm³/mol. The van der Waals surface area contributed by atoms with Gasteiger partial charge in [-0.2, -0.15) is 0 Å². The first-order valence-electron chi connectivity index (χ1n) is 16.0. The minimum Gasteiger partial charge on any atom is -0.508 e. The number of carbonyl (C=O) groups excluding carboxylic acids is 4. The number of rotatable bonds is 7. The van der Waals surface area contributed by atoms with E-state index in [1.807, 2.05) is 24.3 Å². The molecule has 12 nitrogen and oxygen atoms in total. The molecule has 4 heterocycles. The zero-order valence-electron chi connectivity index (χ0n) is 29.7. The van der Waals surface area contributed by atoms with Crippen LogP contribution in [0, 0.1) is 0 Å². The first-order valence-corrected chi connectivity index (χ1v) is 20.2. The number of hydrogen-bond donors (Lipinski definition) is 1. The molecule has 0 aliphatic carbocycles. The van der Waals surface area contributed by atoms with Crippen LogP contribution in [0.2, 0.25) is 20.6 Å². The number of urea groups is 2. The van der Waals surface area contributed by atoms with Gasteiger partial charge in [0.1, 0.15) is 43.2 Å². The second-order valence-corrected chi connectivity index (χ2v) is 20.6. The van der Waals surface area contributed by atoms with Gasteiger partial charge in [0.15, 0.2) is 0 Å². The van der Waals surface area contributed by atoms with Crippen LogP contribution in [0.3, 0.4) is 0 Å². The van der Waals surface area contributed by atoms with Gasteiger partial charge in [-0.25, -0.2) is 29.4 Å². The molecule has 2 aromatic heterocycles. The molecular weight excluding hydrogens is 993 g/mol. The third kappa shape index (κ3) is 10.3. The molecule has 20 heteroatoms. The predicted octanol–water partition coefficient (Wildman–Crippen LogP) is 9.45. The fraction of sp³-hybridized carbons (Fsp3) is 0.257. The summed E-state index contributed by atoms with van der Waals surface area (Å²) in [5.41, 5.74) is 0.205. The van der Waals surface area contributed by atoms with E-state index in [1.165, 1.54) is 34.1 Å². The number of nitrogens with zero attached hydrogens (tertiary/aromatic N) is 6. The molecule has 2 aromatic carbocycles. The van der Waals surface area contributed by atoms with Gasteiger partial charge in [-0.15, -0.1) is 47.3 Å². The Labute approximate surface area is 363 Å². The van der Waals surface area contributed by atoms with Crippen molar-refractivity contribution in [3.8, 4) is 11.5 Å². The van der Waals surface area contributed by atoms with Crippen molar-refractivity contribution >= 4 is 132 Å². The molecule has 0 spiro atoms. The normalized spacial score (nSPS) is 19.3. The molecule has 2 aliphatic heterocycles. The van der Waals surface area contributed by atoms with Crippen LogP contribution in [0.1, 0.15) is 25.0 Å². The molecule has 2 atom stereocenters. The third-order valence-electron chi connectivity index (χ3n) is 8.97. The van der Waals surface area contributed by atoms with Crippen LogP contribution in [0.15, 0.2) is 72.8 Å². The lowest BCUT2D eigenvalue weighted by molar-refractivity contribution is -0.124. The van der Waals surface area contributed by atoms with E-state index in [9.17, 15) is 24.3 Å². The van der Waals surface area contributed by atoms with Crippen LogP contribution < -0.4 is 14.5 Å². The number of anilines is 2. The highest BCUT2D eigenvalue weighted by atomic mass is 79.9. The minimum atomic E-state index is -1.07. The second-order valence-electron chi connectivity index (χ2n) is 12.6. The second kappa shape index (κ2) is 18.4. The molecule has 0 saturated carbocycles. The molecular formula is C35H32BBr3Cl4N6O6. The largest absolute Gasteiger partial charge is 0.508 e. The number of ether oxygens (including phenoxy) is 1. The number of aromatic nitrogens is 2. The average molecular weight is 1030 g/mol. The Kier molecular flexibility index (Phi) is 14.9. The maximum absolute atomic E-state index is 13.1. The Bertz CT molecular complexity index is 2050. The molecule has 6 amide bonds. The standard InChI is InChI=1S/C18H17Cl2N3O3.C17H15Cl2N3O3.BBr3/c1-18(10-11-4-6-13(26-3)7-5-11)16(24)23(17(25)22(18)2)12-8-14(19)21-15(20)9-12;1-17(9-10-3-5-12(23)6-4-10)15(24)22(16(25)21(17)2)11-7-13(18)20-14(19)8-11;2-1(3)4/h4-9H,10H2,1-3H3;3-8,23H,9H2,1-2H3;. The monoisotopic (exact) mass is 1020 g/mol. The van der Waals surface area contributed by atoms with Gasteiger partial charge in [-0.05, 0) is 73.5 Å². The molecule has 55 heavy (non-hydrogen) atoms. The van der Waals surface area contributed by atoms with Crippen LogP contribution in [0.25, 0.3) is 0 Å². The van der Waals surface area contributed by atoms with Crippen LogP contribution in [0.4, 0.5) is 21.0 Å². The Morgan fingerprint density at radius 3 is 1.27 bits per heavy atom. The van der Waals surface area contributed by atoms with Crippen LogP contribution in [-0.2, 0) is 22.4 Å². The lowest BCUT2D eigenvalue weighted by Crippen LogP contribution is -2.47. The van der Waals surface area contributed by atoms with Crippen molar-refractivity contribution in [3.63, 3.8) is 0 Å². The zero-order valence-corrected chi connectivity index (χ0v) is 37.5. The average Bonchev–Trinajstić information content (AvgIpc) is 3.37. The number of halogens is 7. The number of phenolic OH excluding ortho intramolecular Hbond substituents is 1. The summed E-state index contributed by atoms with van der Waals surface area (Å²) in [6.45, 7) is 3.44. The maximum atomic E-state index is 13.1. The highest BCUT2D eigenvalue weighted by Crippen LogP contribution is 2.37. The van der Waals surface area contributed by atoms with Crippen molar-refractivity contribution in [2.24, 2.45) is 0 Å². The number of hydrogen-bond acceptors (Lipinski definition) is 8. The van der Waals surface area contributed by atoms with E-state index in [0.717, 1.165) is 26.7 Å². The van der Waals surface area contributed by atoms with Gasteiger partial charge in [0, 0.05) is 26.9 Å². The summed E-state index contributed by atoms with van der Waals surface area (Å²) in [5, 5.41) is 9.81. The van der Waals surface area contributed by atoms with Gasteiger partial charge < -0.3 is 19.6 Å². The first kappa shape index (κ1) is 44.6. The summed E-state index contributed by atoms with van der Waals surface area (Å²) >= 11 is 32.9. The molecule has 290 valence electrons. The third-order valence-corrected chi connectivity index (χ3v) is 9.74. The lowest BCUT2D eigenvalue weighted by Gasteiger charge is -2.28. The molecule has 2 saturated heterocycles. The van der Waals surface area contributed by atoms with Crippen molar-refractivity contribution in [2.75, 3.05) is 31.0 Å². The lowest BCUT2D eigenvalue weighted by atomic mass is 9.91. The highest BCUT2D eigenvalue weighted by Gasteiger charge is 2.54. The SMILES string of the molecule is BrB(Br)Br.CN1C(=O)N(c2cc(Cl)nc(Cl)c2)C(=O)C1(C)Cc1ccc(O)cc1.COc1ccc(CC2(C)C(=O)N(c3cc(Cl)nc(Cl)c3)C(=O)N2C)cc1. The number of benzene rings is 2. The summed E-state index contributed by atoms with van der Waals surface area (Å²) in [6, 6.07) is 18.7. The number of carbonyl (C=O) groups is 4. The summed E-state index contributed by atoms with van der Waals surface area (Å²) in [5.74, 6) is 0.133. The van der Waals surface area contributed by atoms with Gasteiger partial charge in [0.05, 0.1) is 18.5 Å². The van der Waals surface area contributed by atoms with Gasteiger partial charge in [-0.3, -0.25) is 9.59 Å². The number of aromatic hydroxyl groups is 1. The van der Waals surface area contributed by atoms with Crippen molar-refractivity contribution in [3.05, 3.63) is 105 Å². The number of pyridine rings is 2. The Morgan fingerprint density at radius 1 is 0.655 bits per heavy atom. The molecule has 4 aromatic rings. The quantitative estimate of drug-likeness (QED) is 0.110. The molecule has 2 aliphatic rings. The maximum Gasteiger partial charge on any atom is 0.369 e. The van der Waals surface area contributed by atoms with Crippen LogP contribution >= 0.6 is 93.7 Å². The fourth-order valence-electron chi connectivity index (χ4n) is 5.82. The molecule has 2 unspecified atom stereocenters. The Hall–Kier alpha value is -3.12. The Balaban J connectivity index is 0.000000223. The van der Waals surface area contributed by atoms with Gasteiger partial charge >= 0.3 is 15.2 Å². The first-order chi connectivity index (χ1) is 25.7. The minimum absolute atomic E-state index is 0.0953. The molecule has 0 radical (unpaired) electrons. The van der Waals surface area contributed by atoms with Gasteiger partial charge in [0.25, 0.3) is 11.8 Å². The van der Waals surface area contributed by atoms with E-state index in [-0.39, 0.29) is 47.0 Å². The van der Waals surface area contributed by atoms with E-state index in [0.29, 0.717) is 18.5 Å². The molecule has 1 N–H and O–H groups in total. The Morgan fingerprint density at radius 2 is 0.964 bits per heavy atom. The van der Waals surface area contributed by atoms with Crippen molar-refractivity contribution in [1.29, 1.82) is 0 Å². The molecule has 0 bridgehead atoms. The molecule has 2 fully saturated rings. The number of likely N-dealkylation sites (N-methyl/N-ethyl adjacent to an activating group) is 2. The van der Waals surface area contributed by atoms with E-state index in [4.69, 9.17) is 51.1 Å². The summed E-state index contributed by atoms with van der Waals surface area (Å²) in [6.07, 6.45) is 0.665. The fourth-order valence-corrected chi connectivity index (χ4v) is 6.72. The van der Waals surface area contributed by atoms with E-state index < -0.39 is 23.1 Å². The summed E-state index contributed by atoms with van der Waals surface area (Å²) in [4.78, 5) is 64.3. The number of imide groups is 2. The van der Waals surface area contributed by atoms with E-state index >= 15 is 0 Å². The number of phenols is 1. The smallest absolute Gasteiger partial charge is 0.369 e. The zero-order chi connectivity index (χ0) is 41.0. The number of methoxy groups -OCH3 is 1. The van der Waals surface area contributed by atoms with Gasteiger partial charge in [0.2, 0.25) is 0 Å². The summed E-state index contributed by atoms with van der Waals surface area (Å²) < 4.78 is 5.42. The van der Waals surface area contributed by atoms with Gasteiger partial charge in [-0.1, -0.05) is 70.7 Å². The highest BCUT2D eigenvalue weighted by molar-refractivity contribution is 9.69. The van der Waals surface area contributed by atoms with Crippen LogP contribution in [-0.4, -0.2) is 84.2 Å². The van der Waals surface area contributed by atoms with Crippen molar-refractivity contribution in [2.45, 2.75) is 37.8 Å². The summed E-state index contributed by atoms with van der Waals surface area (Å²) in [7, 11) is 4.77. The number of amides is 6. The topological polar surface area (TPSA) is 136 Å².